The second-order valence-electron chi connectivity index (χ2n) is 5.14. The molecule has 0 radical (unpaired) electrons. The minimum absolute atomic E-state index is 0.144. The van der Waals surface area contributed by atoms with Gasteiger partial charge in [-0.05, 0) is 30.7 Å². The van der Waals surface area contributed by atoms with Crippen LogP contribution in [-0.2, 0) is 16.1 Å². The fraction of sp³-hybridized carbons (Fsp3) is 0.235. The number of carbonyl (C=O) groups is 2. The third-order valence-electron chi connectivity index (χ3n) is 3.24. The Bertz CT molecular complexity index is 738. The lowest BCUT2D eigenvalue weighted by Gasteiger charge is -2.21. The molecule has 0 atom stereocenters. The maximum absolute atomic E-state index is 12.4. The molecule has 1 N–H and O–H groups in total. The number of hydrogen-bond acceptors (Lipinski definition) is 5. The van der Waals surface area contributed by atoms with Crippen molar-refractivity contribution in [2.75, 3.05) is 11.9 Å². The average Bonchev–Trinajstić information content (AvgIpc) is 2.60. The van der Waals surface area contributed by atoms with Gasteiger partial charge < -0.3 is 10.2 Å². The zero-order valence-corrected chi connectivity index (χ0v) is 13.3. The predicted octanol–water partition coefficient (Wildman–Crippen LogP) is 1.67. The third-order valence-corrected chi connectivity index (χ3v) is 3.24. The summed E-state index contributed by atoms with van der Waals surface area (Å²) in [5, 5.41) is 11.3. The number of hydrogen-bond donors (Lipinski definition) is 1. The highest BCUT2D eigenvalue weighted by Gasteiger charge is 2.22. The molecule has 2 aromatic rings. The summed E-state index contributed by atoms with van der Waals surface area (Å²) in [6, 6.07) is 8.95. The standard InChI is InChI=1S/C17H17N5O2/c1-13-5-6-15(11-20-13)21-16(23)17(24)22(9-3-7-18)12-14-4-2-8-19-10-14/h2,4-6,8,10-11H,3,9,12H2,1H3,(H,21,23). The van der Waals surface area contributed by atoms with Crippen molar-refractivity contribution >= 4 is 17.5 Å². The fourth-order valence-electron chi connectivity index (χ4n) is 2.02. The molecular weight excluding hydrogens is 306 g/mol. The van der Waals surface area contributed by atoms with E-state index >= 15 is 0 Å². The second-order valence-corrected chi connectivity index (χ2v) is 5.14. The monoisotopic (exact) mass is 323 g/mol. The Morgan fingerprint density at radius 1 is 1.29 bits per heavy atom. The number of rotatable bonds is 5. The van der Waals surface area contributed by atoms with Gasteiger partial charge in [-0.3, -0.25) is 19.6 Å². The first-order chi connectivity index (χ1) is 11.6. The van der Waals surface area contributed by atoms with E-state index in [-0.39, 0.29) is 19.5 Å². The van der Waals surface area contributed by atoms with Crippen LogP contribution in [0.15, 0.2) is 42.9 Å². The zero-order valence-electron chi connectivity index (χ0n) is 13.3. The molecule has 0 aliphatic rings. The molecule has 7 nitrogen and oxygen atoms in total. The molecule has 0 aliphatic heterocycles. The van der Waals surface area contributed by atoms with Crippen LogP contribution in [0.25, 0.3) is 0 Å². The highest BCUT2D eigenvalue weighted by atomic mass is 16.2. The summed E-state index contributed by atoms with van der Waals surface area (Å²) in [7, 11) is 0. The Labute approximate surface area is 140 Å². The molecule has 24 heavy (non-hydrogen) atoms. The average molecular weight is 323 g/mol. The number of carbonyl (C=O) groups excluding carboxylic acids is 2. The van der Waals surface area contributed by atoms with E-state index in [4.69, 9.17) is 5.26 Å². The van der Waals surface area contributed by atoms with Crippen molar-refractivity contribution in [2.45, 2.75) is 19.9 Å². The van der Waals surface area contributed by atoms with Crippen LogP contribution in [0.3, 0.4) is 0 Å². The minimum Gasteiger partial charge on any atom is -0.329 e. The summed E-state index contributed by atoms with van der Waals surface area (Å²) in [5.41, 5.74) is 2.04. The van der Waals surface area contributed by atoms with Crippen LogP contribution in [0.1, 0.15) is 17.7 Å². The van der Waals surface area contributed by atoms with Crippen molar-refractivity contribution in [3.63, 3.8) is 0 Å². The lowest BCUT2D eigenvalue weighted by atomic mass is 10.2. The van der Waals surface area contributed by atoms with Crippen LogP contribution >= 0.6 is 0 Å². The summed E-state index contributed by atoms with van der Waals surface area (Å²) in [6.07, 6.45) is 4.88. The van der Waals surface area contributed by atoms with Gasteiger partial charge in [-0.2, -0.15) is 5.26 Å². The molecule has 0 saturated heterocycles. The van der Waals surface area contributed by atoms with Gasteiger partial charge in [-0.1, -0.05) is 6.07 Å². The van der Waals surface area contributed by atoms with E-state index in [9.17, 15) is 9.59 Å². The summed E-state index contributed by atoms with van der Waals surface area (Å²) in [5.74, 6) is -1.46. The van der Waals surface area contributed by atoms with E-state index in [0.29, 0.717) is 5.69 Å². The van der Waals surface area contributed by atoms with Crippen molar-refractivity contribution in [3.05, 3.63) is 54.1 Å². The zero-order chi connectivity index (χ0) is 17.4. The number of anilines is 1. The lowest BCUT2D eigenvalue weighted by Crippen LogP contribution is -2.39. The second kappa shape index (κ2) is 8.39. The topological polar surface area (TPSA) is 99.0 Å². The molecule has 0 aromatic carbocycles. The maximum atomic E-state index is 12.4. The molecule has 0 fully saturated rings. The molecule has 2 heterocycles. The van der Waals surface area contributed by atoms with Gasteiger partial charge in [0.25, 0.3) is 0 Å². The molecule has 0 bridgehead atoms. The molecule has 2 aromatic heterocycles. The Balaban J connectivity index is 2.06. The molecule has 0 spiro atoms. The maximum Gasteiger partial charge on any atom is 0.313 e. The van der Waals surface area contributed by atoms with E-state index in [1.165, 1.54) is 11.1 Å². The van der Waals surface area contributed by atoms with Gasteiger partial charge in [0.15, 0.2) is 0 Å². The molecule has 122 valence electrons. The molecule has 2 rings (SSSR count). The quantitative estimate of drug-likeness (QED) is 0.844. The number of aromatic nitrogens is 2. The number of nitrogens with zero attached hydrogens (tertiary/aromatic N) is 4. The Hall–Kier alpha value is -3.27. The van der Waals surface area contributed by atoms with Gasteiger partial charge in [-0.15, -0.1) is 0 Å². The highest BCUT2D eigenvalue weighted by Crippen LogP contribution is 2.08. The number of amides is 2. The summed E-state index contributed by atoms with van der Waals surface area (Å²) in [4.78, 5) is 33.9. The van der Waals surface area contributed by atoms with Crippen molar-refractivity contribution < 1.29 is 9.59 Å². The van der Waals surface area contributed by atoms with Crippen LogP contribution in [0, 0.1) is 18.3 Å². The van der Waals surface area contributed by atoms with Crippen LogP contribution in [0.4, 0.5) is 5.69 Å². The number of nitrogens with one attached hydrogen (secondary N) is 1. The van der Waals surface area contributed by atoms with Gasteiger partial charge in [0.1, 0.15) is 0 Å². The Morgan fingerprint density at radius 2 is 2.12 bits per heavy atom. The minimum atomic E-state index is -0.762. The fourth-order valence-corrected chi connectivity index (χ4v) is 2.02. The van der Waals surface area contributed by atoms with Crippen molar-refractivity contribution in [1.29, 1.82) is 5.26 Å². The van der Waals surface area contributed by atoms with Crippen LogP contribution in [0.2, 0.25) is 0 Å². The first-order valence-electron chi connectivity index (χ1n) is 7.39. The van der Waals surface area contributed by atoms with E-state index < -0.39 is 11.8 Å². The highest BCUT2D eigenvalue weighted by molar-refractivity contribution is 6.39. The molecule has 0 aliphatic carbocycles. The van der Waals surface area contributed by atoms with Crippen LogP contribution in [0.5, 0.6) is 0 Å². The summed E-state index contributed by atoms with van der Waals surface area (Å²) >= 11 is 0. The van der Waals surface area contributed by atoms with Crippen molar-refractivity contribution in [3.8, 4) is 6.07 Å². The normalized spacial score (nSPS) is 9.83. The number of nitriles is 1. The smallest absolute Gasteiger partial charge is 0.313 e. The SMILES string of the molecule is Cc1ccc(NC(=O)C(=O)N(CCC#N)Cc2cccnc2)cn1. The van der Waals surface area contributed by atoms with Crippen molar-refractivity contribution in [2.24, 2.45) is 0 Å². The van der Waals surface area contributed by atoms with Gasteiger partial charge in [0, 0.05) is 31.2 Å². The first-order valence-corrected chi connectivity index (χ1v) is 7.39. The third kappa shape index (κ3) is 4.88. The first kappa shape index (κ1) is 17.1. The van der Waals surface area contributed by atoms with Gasteiger partial charge in [0.05, 0.1) is 24.4 Å². The lowest BCUT2D eigenvalue weighted by molar-refractivity contribution is -0.143. The van der Waals surface area contributed by atoms with Gasteiger partial charge >= 0.3 is 11.8 Å². The van der Waals surface area contributed by atoms with E-state index in [1.807, 2.05) is 13.0 Å². The van der Waals surface area contributed by atoms with E-state index in [1.54, 1.807) is 36.7 Å². The molecule has 0 unspecified atom stereocenters. The van der Waals surface area contributed by atoms with Crippen molar-refractivity contribution in [1.82, 2.24) is 14.9 Å². The van der Waals surface area contributed by atoms with E-state index in [0.717, 1.165) is 11.3 Å². The molecular formula is C17H17N5O2. The van der Waals surface area contributed by atoms with Gasteiger partial charge in [0.2, 0.25) is 0 Å². The van der Waals surface area contributed by atoms with Crippen LogP contribution < -0.4 is 5.32 Å². The molecule has 2 amide bonds. The molecule has 7 heteroatoms. The predicted molar refractivity (Wildman–Crippen MR) is 87.5 cm³/mol. The Morgan fingerprint density at radius 3 is 2.75 bits per heavy atom. The summed E-state index contributed by atoms with van der Waals surface area (Å²) < 4.78 is 0. The summed E-state index contributed by atoms with van der Waals surface area (Å²) in [6.45, 7) is 2.21. The van der Waals surface area contributed by atoms with E-state index in [2.05, 4.69) is 15.3 Å². The Kier molecular flexibility index (Phi) is 5.97. The number of pyridine rings is 2. The largest absolute Gasteiger partial charge is 0.329 e. The van der Waals surface area contributed by atoms with Crippen LogP contribution in [-0.4, -0.2) is 33.2 Å². The van der Waals surface area contributed by atoms with Gasteiger partial charge in [-0.25, -0.2) is 0 Å². The molecule has 0 saturated carbocycles. The number of aryl methyl sites for hydroxylation is 1.